The van der Waals surface area contributed by atoms with Crippen molar-refractivity contribution in [2.45, 2.75) is 20.4 Å². The zero-order chi connectivity index (χ0) is 20.8. The van der Waals surface area contributed by atoms with E-state index in [1.807, 2.05) is 25.1 Å². The van der Waals surface area contributed by atoms with Gasteiger partial charge in [0.05, 0.1) is 23.7 Å². The molecule has 150 valence electrons. The predicted octanol–water partition coefficient (Wildman–Crippen LogP) is 4.36. The molecule has 3 aromatic rings. The second-order valence-corrected chi connectivity index (χ2v) is 6.86. The number of halogens is 1. The number of thiocarbonyl (C=S) groups is 1. The number of aromatic nitrogens is 2. The zero-order valence-corrected chi connectivity index (χ0v) is 17.4. The van der Waals surface area contributed by atoms with E-state index in [1.165, 1.54) is 0 Å². The van der Waals surface area contributed by atoms with Crippen LogP contribution in [0.25, 0.3) is 11.4 Å². The van der Waals surface area contributed by atoms with Crippen LogP contribution in [0, 0.1) is 6.92 Å². The number of hydrogen-bond donors (Lipinski definition) is 2. The van der Waals surface area contributed by atoms with Crippen LogP contribution in [0.15, 0.2) is 47.0 Å². The minimum Gasteiger partial charge on any atom is -0.462 e. The predicted molar refractivity (Wildman–Crippen MR) is 115 cm³/mol. The summed E-state index contributed by atoms with van der Waals surface area (Å²) in [4.78, 5) is 16.1. The number of ether oxygens (including phenoxy) is 1. The zero-order valence-electron chi connectivity index (χ0n) is 15.9. The topological polar surface area (TPSA) is 89.3 Å². The van der Waals surface area contributed by atoms with E-state index in [9.17, 15) is 4.79 Å². The van der Waals surface area contributed by atoms with Crippen molar-refractivity contribution in [2.24, 2.45) is 0 Å². The maximum absolute atomic E-state index is 11.8. The highest BCUT2D eigenvalue weighted by Crippen LogP contribution is 2.24. The van der Waals surface area contributed by atoms with Gasteiger partial charge in [0.1, 0.15) is 0 Å². The lowest BCUT2D eigenvalue weighted by atomic mass is 10.1. The van der Waals surface area contributed by atoms with Gasteiger partial charge in [-0.3, -0.25) is 0 Å². The van der Waals surface area contributed by atoms with Crippen LogP contribution in [0.4, 0.5) is 5.69 Å². The summed E-state index contributed by atoms with van der Waals surface area (Å²) < 4.78 is 10.2. The maximum Gasteiger partial charge on any atom is 0.338 e. The third-order valence-electron chi connectivity index (χ3n) is 3.97. The number of rotatable bonds is 6. The number of anilines is 1. The number of aryl methyl sites for hydroxylation is 1. The molecule has 0 aliphatic rings. The van der Waals surface area contributed by atoms with Crippen LogP contribution >= 0.6 is 23.8 Å². The highest BCUT2D eigenvalue weighted by Gasteiger charge is 2.12. The number of carbonyl (C=O) groups is 1. The summed E-state index contributed by atoms with van der Waals surface area (Å²) in [5, 5.41) is 11.0. The Bertz CT molecular complexity index is 1040. The van der Waals surface area contributed by atoms with Crippen LogP contribution < -0.4 is 10.6 Å². The molecule has 3 rings (SSSR count). The van der Waals surface area contributed by atoms with Crippen LogP contribution in [-0.4, -0.2) is 27.8 Å². The Morgan fingerprint density at radius 3 is 2.79 bits per heavy atom. The number of hydrogen-bond acceptors (Lipinski definition) is 6. The molecule has 0 bridgehead atoms. The summed E-state index contributed by atoms with van der Waals surface area (Å²) in [5.74, 6) is 0.434. The average Bonchev–Trinajstić information content (AvgIpc) is 3.17. The molecule has 7 nitrogen and oxygen atoms in total. The van der Waals surface area contributed by atoms with Gasteiger partial charge in [-0.1, -0.05) is 28.9 Å². The van der Waals surface area contributed by atoms with Crippen molar-refractivity contribution < 1.29 is 14.1 Å². The van der Waals surface area contributed by atoms with Crippen molar-refractivity contribution in [3.8, 4) is 11.4 Å². The van der Waals surface area contributed by atoms with Crippen molar-refractivity contribution in [1.29, 1.82) is 0 Å². The number of nitrogens with one attached hydrogen (secondary N) is 2. The lowest BCUT2D eigenvalue weighted by Crippen LogP contribution is -2.28. The molecule has 1 aromatic heterocycles. The highest BCUT2D eigenvalue weighted by molar-refractivity contribution is 7.80. The maximum atomic E-state index is 11.8. The minimum absolute atomic E-state index is 0.253. The second kappa shape index (κ2) is 9.49. The summed E-state index contributed by atoms with van der Waals surface area (Å²) in [6, 6.07) is 12.5. The van der Waals surface area contributed by atoms with Gasteiger partial charge in [-0.05, 0) is 62.0 Å². The number of esters is 1. The third kappa shape index (κ3) is 5.30. The van der Waals surface area contributed by atoms with Crippen LogP contribution in [0.3, 0.4) is 0 Å². The molecule has 1 heterocycles. The first-order chi connectivity index (χ1) is 14.0. The van der Waals surface area contributed by atoms with E-state index in [1.54, 1.807) is 31.2 Å². The highest BCUT2D eigenvalue weighted by atomic mass is 35.5. The van der Waals surface area contributed by atoms with Gasteiger partial charge in [0, 0.05) is 11.3 Å². The molecular formula is C20H19ClN4O3S. The molecule has 2 aromatic carbocycles. The SMILES string of the molecule is CCOC(=O)c1ccc(NC(=S)NCc2nc(-c3ccccc3Cl)no2)c(C)c1. The summed E-state index contributed by atoms with van der Waals surface area (Å²) in [7, 11) is 0. The van der Waals surface area contributed by atoms with Gasteiger partial charge in [-0.2, -0.15) is 4.98 Å². The normalized spacial score (nSPS) is 10.4. The van der Waals surface area contributed by atoms with Crippen LogP contribution in [-0.2, 0) is 11.3 Å². The lowest BCUT2D eigenvalue weighted by molar-refractivity contribution is 0.0526. The van der Waals surface area contributed by atoms with Gasteiger partial charge < -0.3 is 19.9 Å². The third-order valence-corrected chi connectivity index (χ3v) is 4.54. The molecule has 0 spiro atoms. The fourth-order valence-electron chi connectivity index (χ4n) is 2.55. The number of benzene rings is 2. The van der Waals surface area contributed by atoms with Gasteiger partial charge >= 0.3 is 5.97 Å². The van der Waals surface area contributed by atoms with Crippen molar-refractivity contribution >= 4 is 40.6 Å². The first kappa shape index (κ1) is 20.8. The minimum atomic E-state index is -0.353. The first-order valence-corrected chi connectivity index (χ1v) is 9.66. The van der Waals surface area contributed by atoms with Crippen LogP contribution in [0.2, 0.25) is 5.02 Å². The number of carbonyl (C=O) groups excluding carboxylic acids is 1. The monoisotopic (exact) mass is 430 g/mol. The van der Waals surface area contributed by atoms with E-state index < -0.39 is 0 Å². The molecule has 29 heavy (non-hydrogen) atoms. The van der Waals surface area contributed by atoms with E-state index in [0.717, 1.165) is 11.3 Å². The summed E-state index contributed by atoms with van der Waals surface area (Å²) in [5.41, 5.74) is 2.82. The Morgan fingerprint density at radius 1 is 1.28 bits per heavy atom. The van der Waals surface area contributed by atoms with Crippen molar-refractivity contribution in [3.05, 3.63) is 64.5 Å². The Labute approximate surface area is 178 Å². The lowest BCUT2D eigenvalue weighted by Gasteiger charge is -2.12. The average molecular weight is 431 g/mol. The fraction of sp³-hybridized carbons (Fsp3) is 0.200. The molecule has 2 N–H and O–H groups in total. The second-order valence-electron chi connectivity index (χ2n) is 6.05. The molecule has 0 saturated heterocycles. The molecule has 0 fully saturated rings. The van der Waals surface area contributed by atoms with Gasteiger partial charge in [0.25, 0.3) is 0 Å². The Balaban J connectivity index is 1.58. The van der Waals surface area contributed by atoms with Crippen molar-refractivity contribution in [2.75, 3.05) is 11.9 Å². The molecule has 0 atom stereocenters. The molecule has 0 amide bonds. The van der Waals surface area contributed by atoms with Gasteiger partial charge in [0.2, 0.25) is 11.7 Å². The van der Waals surface area contributed by atoms with E-state index in [-0.39, 0.29) is 12.5 Å². The Kier molecular flexibility index (Phi) is 6.79. The quantitative estimate of drug-likeness (QED) is 0.440. The molecule has 0 radical (unpaired) electrons. The number of nitrogens with zero attached hydrogens (tertiary/aromatic N) is 2. The fourth-order valence-corrected chi connectivity index (χ4v) is 2.95. The molecule has 0 aliphatic carbocycles. The van der Waals surface area contributed by atoms with Gasteiger partial charge in [-0.25, -0.2) is 4.79 Å². The molecule has 0 saturated carbocycles. The van der Waals surface area contributed by atoms with Gasteiger partial charge in [-0.15, -0.1) is 0 Å². The van der Waals surface area contributed by atoms with Crippen molar-refractivity contribution in [1.82, 2.24) is 15.5 Å². The largest absolute Gasteiger partial charge is 0.462 e. The van der Waals surface area contributed by atoms with E-state index in [4.69, 9.17) is 33.1 Å². The summed E-state index contributed by atoms with van der Waals surface area (Å²) in [6.45, 7) is 4.23. The van der Waals surface area contributed by atoms with E-state index in [0.29, 0.717) is 39.6 Å². The molecular weight excluding hydrogens is 412 g/mol. The van der Waals surface area contributed by atoms with E-state index >= 15 is 0 Å². The smallest absolute Gasteiger partial charge is 0.338 e. The standard InChI is InChI=1S/C20H19ClN4O3S/c1-3-27-19(26)13-8-9-16(12(2)10-13)23-20(29)22-11-17-24-18(25-28-17)14-6-4-5-7-15(14)21/h4-10H,3,11H2,1-2H3,(H2,22,23,29). The Morgan fingerprint density at radius 2 is 2.07 bits per heavy atom. The van der Waals surface area contributed by atoms with Crippen molar-refractivity contribution in [3.63, 3.8) is 0 Å². The molecule has 0 unspecified atom stereocenters. The van der Waals surface area contributed by atoms with E-state index in [2.05, 4.69) is 20.8 Å². The summed E-state index contributed by atoms with van der Waals surface area (Å²) >= 11 is 11.5. The van der Waals surface area contributed by atoms with Gasteiger partial charge in [0.15, 0.2) is 5.11 Å². The Hall–Kier alpha value is -2.97. The molecule has 9 heteroatoms. The van der Waals surface area contributed by atoms with Crippen LogP contribution in [0.1, 0.15) is 28.7 Å². The van der Waals surface area contributed by atoms with Crippen LogP contribution in [0.5, 0.6) is 0 Å². The first-order valence-electron chi connectivity index (χ1n) is 8.88. The summed E-state index contributed by atoms with van der Waals surface area (Å²) in [6.07, 6.45) is 0. The molecule has 0 aliphatic heterocycles.